The van der Waals surface area contributed by atoms with Gasteiger partial charge in [-0.15, -0.1) is 0 Å². The van der Waals surface area contributed by atoms with Crippen LogP contribution in [0.15, 0.2) is 28.7 Å². The maximum atomic E-state index is 6.25. The van der Waals surface area contributed by atoms with Crippen LogP contribution in [0.4, 0.5) is 0 Å². The second-order valence-corrected chi connectivity index (χ2v) is 5.81. The van der Waals surface area contributed by atoms with E-state index in [1.807, 2.05) is 0 Å². The predicted molar refractivity (Wildman–Crippen MR) is 72.4 cm³/mol. The third-order valence-electron chi connectivity index (χ3n) is 3.60. The van der Waals surface area contributed by atoms with E-state index in [9.17, 15) is 0 Å². The maximum absolute atomic E-state index is 6.25. The molecule has 88 valence electrons. The fourth-order valence-electron chi connectivity index (χ4n) is 2.63. The lowest BCUT2D eigenvalue weighted by atomic mass is 9.89. The molecule has 2 unspecified atom stereocenters. The third kappa shape index (κ3) is 3.33. The van der Waals surface area contributed by atoms with E-state index in [0.29, 0.717) is 12.0 Å². The molecule has 1 aliphatic rings. The van der Waals surface area contributed by atoms with Crippen molar-refractivity contribution >= 4 is 15.9 Å². The fraction of sp³-hybridized carbons (Fsp3) is 0.571. The Morgan fingerprint density at radius 1 is 1.19 bits per heavy atom. The van der Waals surface area contributed by atoms with Gasteiger partial charge in [-0.1, -0.05) is 47.3 Å². The molecule has 2 atom stereocenters. The highest BCUT2D eigenvalue weighted by atomic mass is 79.9. The normalized spacial score (nSPS) is 26.4. The lowest BCUT2D eigenvalue weighted by Crippen LogP contribution is -2.30. The zero-order valence-electron chi connectivity index (χ0n) is 9.66. The number of hydrogen-bond acceptors (Lipinski definition) is 1. The highest BCUT2D eigenvalue weighted by Gasteiger charge is 2.20. The van der Waals surface area contributed by atoms with Gasteiger partial charge in [-0.2, -0.15) is 0 Å². The van der Waals surface area contributed by atoms with Crippen molar-refractivity contribution in [2.75, 3.05) is 0 Å². The molecule has 0 spiro atoms. The molecule has 1 saturated carbocycles. The van der Waals surface area contributed by atoms with Crippen molar-refractivity contribution in [3.05, 3.63) is 34.3 Å². The summed E-state index contributed by atoms with van der Waals surface area (Å²) in [5.41, 5.74) is 7.67. The summed E-state index contributed by atoms with van der Waals surface area (Å²) in [6.07, 6.45) is 7.68. The molecule has 0 bridgehead atoms. The molecule has 16 heavy (non-hydrogen) atoms. The van der Waals surface area contributed by atoms with E-state index in [1.165, 1.54) is 42.1 Å². The average Bonchev–Trinajstić information content (AvgIpc) is 2.45. The third-order valence-corrected chi connectivity index (χ3v) is 4.10. The van der Waals surface area contributed by atoms with Crippen LogP contribution in [-0.4, -0.2) is 6.04 Å². The van der Waals surface area contributed by atoms with Crippen LogP contribution in [-0.2, 0) is 6.42 Å². The molecule has 0 radical (unpaired) electrons. The van der Waals surface area contributed by atoms with E-state index >= 15 is 0 Å². The molecule has 1 aromatic carbocycles. The Labute approximate surface area is 107 Å². The Morgan fingerprint density at radius 2 is 2.00 bits per heavy atom. The topological polar surface area (TPSA) is 26.0 Å². The maximum Gasteiger partial charge on any atom is 0.0177 e. The molecule has 1 nitrogen and oxygen atoms in total. The zero-order valence-corrected chi connectivity index (χ0v) is 11.2. The van der Waals surface area contributed by atoms with Crippen molar-refractivity contribution in [1.82, 2.24) is 0 Å². The van der Waals surface area contributed by atoms with E-state index in [1.54, 1.807) is 0 Å². The summed E-state index contributed by atoms with van der Waals surface area (Å²) < 4.78 is 1.17. The Hall–Kier alpha value is -0.340. The Morgan fingerprint density at radius 3 is 2.81 bits per heavy atom. The van der Waals surface area contributed by atoms with E-state index in [2.05, 4.69) is 40.2 Å². The molecule has 0 aliphatic heterocycles. The molecule has 1 fully saturated rings. The van der Waals surface area contributed by atoms with Crippen LogP contribution in [0.3, 0.4) is 0 Å². The summed E-state index contributed by atoms with van der Waals surface area (Å²) in [6.45, 7) is 0. The predicted octanol–water partition coefficient (Wildman–Crippen LogP) is 3.90. The van der Waals surface area contributed by atoms with Crippen molar-refractivity contribution in [3.8, 4) is 0 Å². The van der Waals surface area contributed by atoms with E-state index < -0.39 is 0 Å². The molecule has 2 N–H and O–H groups in total. The lowest BCUT2D eigenvalue weighted by molar-refractivity contribution is 0.395. The summed E-state index contributed by atoms with van der Waals surface area (Å²) >= 11 is 3.53. The van der Waals surface area contributed by atoms with Crippen LogP contribution in [0, 0.1) is 5.92 Å². The molecular weight excluding hydrogens is 262 g/mol. The quantitative estimate of drug-likeness (QED) is 0.818. The molecule has 2 rings (SSSR count). The Balaban J connectivity index is 2.02. The monoisotopic (exact) mass is 281 g/mol. The van der Waals surface area contributed by atoms with Gasteiger partial charge in [0.15, 0.2) is 0 Å². The minimum Gasteiger partial charge on any atom is -0.327 e. The molecule has 0 saturated heterocycles. The Kier molecular flexibility index (Phi) is 4.42. The summed E-state index contributed by atoms with van der Waals surface area (Å²) in [5, 5.41) is 0. The van der Waals surface area contributed by atoms with E-state index in [-0.39, 0.29) is 0 Å². The number of rotatable bonds is 2. The van der Waals surface area contributed by atoms with Gasteiger partial charge in [0.2, 0.25) is 0 Å². The van der Waals surface area contributed by atoms with E-state index in [4.69, 9.17) is 5.73 Å². The summed E-state index contributed by atoms with van der Waals surface area (Å²) in [7, 11) is 0. The van der Waals surface area contributed by atoms with Gasteiger partial charge in [-0.05, 0) is 42.9 Å². The first-order valence-electron chi connectivity index (χ1n) is 6.26. The molecule has 2 heteroatoms. The van der Waals surface area contributed by atoms with E-state index in [0.717, 1.165) is 6.42 Å². The van der Waals surface area contributed by atoms with Crippen molar-refractivity contribution in [1.29, 1.82) is 0 Å². The zero-order chi connectivity index (χ0) is 11.4. The SMILES string of the molecule is NC1CCCCCC1Cc1cccc(Br)c1. The van der Waals surface area contributed by atoms with Crippen LogP contribution in [0.5, 0.6) is 0 Å². The highest BCUT2D eigenvalue weighted by Crippen LogP contribution is 2.26. The van der Waals surface area contributed by atoms with Crippen LogP contribution in [0.25, 0.3) is 0 Å². The number of hydrogen-bond donors (Lipinski definition) is 1. The van der Waals surface area contributed by atoms with Gasteiger partial charge in [0.05, 0.1) is 0 Å². The second-order valence-electron chi connectivity index (χ2n) is 4.90. The lowest BCUT2D eigenvalue weighted by Gasteiger charge is -2.21. The van der Waals surface area contributed by atoms with Gasteiger partial charge in [0.25, 0.3) is 0 Å². The number of nitrogens with two attached hydrogens (primary N) is 1. The minimum absolute atomic E-state index is 0.404. The molecule has 0 heterocycles. The standard InChI is InChI=1S/C14H20BrN/c15-13-7-4-5-11(10-13)9-12-6-2-1-3-8-14(12)16/h4-5,7,10,12,14H,1-3,6,8-9,16H2. The van der Waals surface area contributed by atoms with Crippen molar-refractivity contribution in [2.45, 2.75) is 44.6 Å². The highest BCUT2D eigenvalue weighted by molar-refractivity contribution is 9.10. The molecule has 1 aromatic rings. The van der Waals surface area contributed by atoms with Gasteiger partial charge in [-0.25, -0.2) is 0 Å². The summed E-state index contributed by atoms with van der Waals surface area (Å²) in [5.74, 6) is 0.678. The first kappa shape index (κ1) is 12.1. The molecule has 0 amide bonds. The number of halogens is 1. The van der Waals surface area contributed by atoms with Crippen molar-refractivity contribution in [3.63, 3.8) is 0 Å². The first-order chi connectivity index (χ1) is 7.75. The van der Waals surface area contributed by atoms with Crippen LogP contribution in [0.1, 0.15) is 37.7 Å². The minimum atomic E-state index is 0.404. The van der Waals surface area contributed by atoms with Gasteiger partial charge in [0, 0.05) is 10.5 Å². The molecule has 1 aliphatic carbocycles. The molecular formula is C14H20BrN. The van der Waals surface area contributed by atoms with Crippen molar-refractivity contribution < 1.29 is 0 Å². The smallest absolute Gasteiger partial charge is 0.0177 e. The van der Waals surface area contributed by atoms with Crippen LogP contribution >= 0.6 is 15.9 Å². The van der Waals surface area contributed by atoms with Gasteiger partial charge in [0.1, 0.15) is 0 Å². The van der Waals surface area contributed by atoms with Gasteiger partial charge < -0.3 is 5.73 Å². The Bertz CT molecular complexity index is 337. The van der Waals surface area contributed by atoms with Crippen LogP contribution in [0.2, 0.25) is 0 Å². The second kappa shape index (κ2) is 5.83. The van der Waals surface area contributed by atoms with Crippen molar-refractivity contribution in [2.24, 2.45) is 11.7 Å². The number of benzene rings is 1. The van der Waals surface area contributed by atoms with Gasteiger partial charge in [-0.3, -0.25) is 0 Å². The summed E-state index contributed by atoms with van der Waals surface area (Å²) in [6, 6.07) is 9.03. The van der Waals surface area contributed by atoms with Crippen LogP contribution < -0.4 is 5.73 Å². The average molecular weight is 282 g/mol. The first-order valence-corrected chi connectivity index (χ1v) is 7.05. The largest absolute Gasteiger partial charge is 0.327 e. The summed E-state index contributed by atoms with van der Waals surface area (Å²) in [4.78, 5) is 0. The molecule has 0 aromatic heterocycles. The fourth-order valence-corrected chi connectivity index (χ4v) is 3.08. The van der Waals surface area contributed by atoms with Gasteiger partial charge >= 0.3 is 0 Å².